The molecule has 0 nitrogen and oxygen atoms in total. The summed E-state index contributed by atoms with van der Waals surface area (Å²) in [6.45, 7) is 22.8. The quantitative estimate of drug-likeness (QED) is 0.174. The van der Waals surface area contributed by atoms with Gasteiger partial charge in [-0.2, -0.15) is 0 Å². The average molecular weight is 415 g/mol. The zero-order valence-corrected chi connectivity index (χ0v) is 23.3. The van der Waals surface area contributed by atoms with E-state index in [1.54, 1.807) is 17.8 Å². The second-order valence-electron chi connectivity index (χ2n) is 10.0. The third-order valence-corrected chi connectivity index (χ3v) is 29.8. The van der Waals surface area contributed by atoms with Crippen LogP contribution in [0.15, 0.2) is 0 Å². The largest absolute Gasteiger partial charge is 0.0692 e. The van der Waals surface area contributed by atoms with Gasteiger partial charge in [-0.15, -0.1) is 0 Å². The lowest BCUT2D eigenvalue weighted by molar-refractivity contribution is 0.685. The van der Waals surface area contributed by atoms with Crippen LogP contribution in [-0.2, 0) is 0 Å². The SMILES string of the molecule is CC[Si](CC)(CC)CCCCCC[Si](C)(C[Si](CC)(CC)CC)C(C)C. The molecular formula is C23H54Si3. The van der Waals surface area contributed by atoms with Crippen molar-refractivity contribution in [1.29, 1.82) is 0 Å². The Hall–Kier alpha value is 0.651. The summed E-state index contributed by atoms with van der Waals surface area (Å²) in [7, 11) is -2.90. The molecule has 0 N–H and O–H groups in total. The second kappa shape index (κ2) is 13.0. The van der Waals surface area contributed by atoms with Crippen LogP contribution < -0.4 is 0 Å². The summed E-state index contributed by atoms with van der Waals surface area (Å²) in [5.74, 6) is 0. The minimum Gasteiger partial charge on any atom is -0.0692 e. The standard InChI is InChI=1S/C23H54Si3/c1-10-25(11-2,12-3)21-19-17-16-18-20-24(9,23(7)8)22-26(13-4,14-5)15-6/h23H,10-22H2,1-9H3. The molecule has 0 radical (unpaired) electrons. The lowest BCUT2D eigenvalue weighted by Crippen LogP contribution is -2.46. The van der Waals surface area contributed by atoms with Crippen LogP contribution in [0.25, 0.3) is 0 Å². The average Bonchev–Trinajstić information content (AvgIpc) is 2.66. The molecule has 1 atom stereocenters. The third kappa shape index (κ3) is 7.95. The zero-order valence-electron chi connectivity index (χ0n) is 20.3. The normalized spacial score (nSPS) is 15.5. The first kappa shape index (κ1) is 26.7. The van der Waals surface area contributed by atoms with Crippen molar-refractivity contribution in [1.82, 2.24) is 0 Å². The molecule has 0 spiro atoms. The molecular weight excluding hydrogens is 361 g/mol. The van der Waals surface area contributed by atoms with Gasteiger partial charge in [-0.1, -0.05) is 147 Å². The van der Waals surface area contributed by atoms with E-state index in [0.717, 1.165) is 5.54 Å². The Morgan fingerprint density at radius 1 is 0.538 bits per heavy atom. The van der Waals surface area contributed by atoms with E-state index in [4.69, 9.17) is 0 Å². The van der Waals surface area contributed by atoms with Gasteiger partial charge in [0.1, 0.15) is 0 Å². The summed E-state index contributed by atoms with van der Waals surface area (Å²) in [6.07, 6.45) is 6.08. The van der Waals surface area contributed by atoms with Crippen LogP contribution in [-0.4, -0.2) is 24.2 Å². The molecule has 0 aliphatic rings. The predicted octanol–water partition coefficient (Wildman–Crippen LogP) is 9.59. The lowest BCUT2D eigenvalue weighted by Gasteiger charge is -2.41. The fourth-order valence-corrected chi connectivity index (χ4v) is 24.1. The van der Waals surface area contributed by atoms with Crippen molar-refractivity contribution in [3.63, 3.8) is 0 Å². The topological polar surface area (TPSA) is 0 Å². The molecule has 0 saturated carbocycles. The maximum Gasteiger partial charge on any atom is 0.0527 e. The molecule has 0 aliphatic carbocycles. The van der Waals surface area contributed by atoms with Crippen molar-refractivity contribution in [2.24, 2.45) is 0 Å². The highest BCUT2D eigenvalue weighted by Crippen LogP contribution is 2.39. The first-order valence-corrected chi connectivity index (χ1v) is 20.9. The van der Waals surface area contributed by atoms with Gasteiger partial charge in [0.2, 0.25) is 0 Å². The molecule has 0 rings (SSSR count). The first-order chi connectivity index (χ1) is 12.2. The van der Waals surface area contributed by atoms with E-state index in [9.17, 15) is 0 Å². The Kier molecular flexibility index (Phi) is 13.3. The van der Waals surface area contributed by atoms with Gasteiger partial charge in [0.25, 0.3) is 0 Å². The van der Waals surface area contributed by atoms with Gasteiger partial charge >= 0.3 is 0 Å². The highest BCUT2D eigenvalue weighted by atomic mass is 28.4. The van der Waals surface area contributed by atoms with Crippen molar-refractivity contribution < 1.29 is 0 Å². The Morgan fingerprint density at radius 3 is 1.27 bits per heavy atom. The minimum absolute atomic E-state index is 0.864. The van der Waals surface area contributed by atoms with Crippen LogP contribution in [0.2, 0.25) is 66.1 Å². The van der Waals surface area contributed by atoms with E-state index >= 15 is 0 Å². The van der Waals surface area contributed by atoms with Gasteiger partial charge in [-0.05, 0) is 0 Å². The van der Waals surface area contributed by atoms with E-state index in [2.05, 4.69) is 61.9 Å². The van der Waals surface area contributed by atoms with E-state index in [1.807, 2.05) is 0 Å². The molecule has 0 bridgehead atoms. The number of unbranched alkanes of at least 4 members (excludes halogenated alkanes) is 3. The van der Waals surface area contributed by atoms with Crippen LogP contribution in [0.4, 0.5) is 0 Å². The molecule has 0 heterocycles. The van der Waals surface area contributed by atoms with Crippen LogP contribution in [0.1, 0.15) is 81.1 Å². The molecule has 158 valence electrons. The molecule has 0 aliphatic heterocycles. The van der Waals surface area contributed by atoms with Crippen LogP contribution >= 0.6 is 0 Å². The Labute approximate surface area is 171 Å². The second-order valence-corrected chi connectivity index (χ2v) is 27.1. The van der Waals surface area contributed by atoms with Crippen molar-refractivity contribution in [2.45, 2.75) is 147 Å². The van der Waals surface area contributed by atoms with Crippen molar-refractivity contribution >= 4 is 24.2 Å². The Balaban J connectivity index is 4.50. The third-order valence-electron chi connectivity index (χ3n) is 8.88. The van der Waals surface area contributed by atoms with Crippen molar-refractivity contribution in [3.8, 4) is 0 Å². The number of hydrogen-bond donors (Lipinski definition) is 0. The summed E-state index contributed by atoms with van der Waals surface area (Å²) in [5, 5.41) is 0. The van der Waals surface area contributed by atoms with Gasteiger partial charge in [-0.25, -0.2) is 0 Å². The van der Waals surface area contributed by atoms with E-state index in [-0.39, 0.29) is 0 Å². The predicted molar refractivity (Wildman–Crippen MR) is 134 cm³/mol. The van der Waals surface area contributed by atoms with Crippen molar-refractivity contribution in [3.05, 3.63) is 0 Å². The van der Waals surface area contributed by atoms with E-state index in [0.29, 0.717) is 0 Å². The van der Waals surface area contributed by atoms with Gasteiger partial charge in [-0.3, -0.25) is 0 Å². The summed E-state index contributed by atoms with van der Waals surface area (Å²) >= 11 is 0. The summed E-state index contributed by atoms with van der Waals surface area (Å²) in [6, 6.07) is 12.3. The number of rotatable bonds is 16. The minimum atomic E-state index is -1.07. The molecule has 1 unspecified atom stereocenters. The molecule has 26 heavy (non-hydrogen) atoms. The fourth-order valence-electron chi connectivity index (χ4n) is 5.23. The van der Waals surface area contributed by atoms with E-state index < -0.39 is 24.2 Å². The monoisotopic (exact) mass is 414 g/mol. The zero-order chi connectivity index (χ0) is 20.3. The molecule has 0 fully saturated rings. The van der Waals surface area contributed by atoms with E-state index in [1.165, 1.54) is 61.9 Å². The van der Waals surface area contributed by atoms with Gasteiger partial charge in [0.05, 0.1) is 24.2 Å². The smallest absolute Gasteiger partial charge is 0.0527 e. The Bertz CT molecular complexity index is 329. The molecule has 0 amide bonds. The molecule has 0 aromatic rings. The summed E-state index contributed by atoms with van der Waals surface area (Å²) in [5.41, 5.74) is 2.68. The Morgan fingerprint density at radius 2 is 0.923 bits per heavy atom. The van der Waals surface area contributed by atoms with Gasteiger partial charge < -0.3 is 0 Å². The highest BCUT2D eigenvalue weighted by molar-refractivity contribution is 6.97. The molecule has 0 aromatic heterocycles. The lowest BCUT2D eigenvalue weighted by atomic mass is 10.2. The fraction of sp³-hybridized carbons (Fsp3) is 1.00. The maximum absolute atomic E-state index is 2.77. The number of hydrogen-bond acceptors (Lipinski definition) is 0. The molecule has 3 heteroatoms. The van der Waals surface area contributed by atoms with Gasteiger partial charge in [0.15, 0.2) is 0 Å². The van der Waals surface area contributed by atoms with Gasteiger partial charge in [0, 0.05) is 0 Å². The van der Waals surface area contributed by atoms with Crippen molar-refractivity contribution in [2.75, 3.05) is 0 Å². The van der Waals surface area contributed by atoms with Crippen LogP contribution in [0.3, 0.4) is 0 Å². The highest BCUT2D eigenvalue weighted by Gasteiger charge is 2.39. The first-order valence-electron chi connectivity index (χ1n) is 12.2. The summed E-state index contributed by atoms with van der Waals surface area (Å²) in [4.78, 5) is 0. The van der Waals surface area contributed by atoms with Crippen LogP contribution in [0, 0.1) is 0 Å². The molecule has 0 aromatic carbocycles. The van der Waals surface area contributed by atoms with Crippen LogP contribution in [0.5, 0.6) is 0 Å². The molecule has 0 saturated heterocycles. The maximum atomic E-state index is 2.77. The summed E-state index contributed by atoms with van der Waals surface area (Å²) < 4.78 is 0.